The maximum absolute atomic E-state index is 11.6. The van der Waals surface area contributed by atoms with Gasteiger partial charge in [-0.2, -0.15) is 0 Å². The molecule has 0 unspecified atom stereocenters. The van der Waals surface area contributed by atoms with Gasteiger partial charge in [0.25, 0.3) is 0 Å². The molecule has 0 aliphatic heterocycles. The highest BCUT2D eigenvalue weighted by atomic mass is 79.9. The molecule has 0 fully saturated rings. The largest absolute Gasteiger partial charge is 0.489 e. The summed E-state index contributed by atoms with van der Waals surface area (Å²) in [6.45, 7) is 0.520. The van der Waals surface area contributed by atoms with E-state index in [1.165, 1.54) is 0 Å². The quantitative estimate of drug-likeness (QED) is 0.294. The van der Waals surface area contributed by atoms with Crippen molar-refractivity contribution in [3.8, 4) is 11.5 Å². The maximum Gasteiger partial charge on any atom is 0.311 e. The lowest BCUT2D eigenvalue weighted by Crippen LogP contribution is -2.07. The molecule has 0 aliphatic rings. The molecule has 0 N–H and O–H groups in total. The topological polar surface area (TPSA) is 35.5 Å². The van der Waals surface area contributed by atoms with Crippen LogP contribution in [0.4, 0.5) is 0 Å². The molecular weight excluding hydrogens is 344 g/mol. The predicted octanol–water partition coefficient (Wildman–Crippen LogP) is 4.74. The molecule has 3 nitrogen and oxygen atoms in total. The molecule has 0 bridgehead atoms. The molecule has 2 aromatic carbocycles. The van der Waals surface area contributed by atoms with Crippen LogP contribution in [0.15, 0.2) is 54.6 Å². The Bertz CT molecular complexity index is 567. The van der Waals surface area contributed by atoms with E-state index in [-0.39, 0.29) is 5.97 Å². The number of carbonyl (C=O) groups is 1. The molecule has 0 amide bonds. The van der Waals surface area contributed by atoms with Crippen LogP contribution in [0.1, 0.15) is 24.8 Å². The first-order valence-corrected chi connectivity index (χ1v) is 8.43. The van der Waals surface area contributed by atoms with Gasteiger partial charge >= 0.3 is 5.97 Å². The van der Waals surface area contributed by atoms with Gasteiger partial charge in [0.2, 0.25) is 0 Å². The number of hydrogen-bond acceptors (Lipinski definition) is 3. The molecule has 4 heteroatoms. The van der Waals surface area contributed by atoms with Crippen molar-refractivity contribution in [1.82, 2.24) is 0 Å². The number of carbonyl (C=O) groups excluding carboxylic acids is 1. The number of alkyl halides is 1. The summed E-state index contributed by atoms with van der Waals surface area (Å²) in [4.78, 5) is 11.6. The van der Waals surface area contributed by atoms with E-state index < -0.39 is 0 Å². The van der Waals surface area contributed by atoms with Gasteiger partial charge in [-0.05, 0) is 42.7 Å². The van der Waals surface area contributed by atoms with Gasteiger partial charge in [-0.25, -0.2) is 0 Å². The van der Waals surface area contributed by atoms with E-state index in [4.69, 9.17) is 9.47 Å². The number of rotatable bonds is 8. The third-order valence-electron chi connectivity index (χ3n) is 3.07. The van der Waals surface area contributed by atoms with Crippen LogP contribution in [0.5, 0.6) is 11.5 Å². The summed E-state index contributed by atoms with van der Waals surface area (Å²) >= 11 is 3.34. The fourth-order valence-electron chi connectivity index (χ4n) is 1.89. The number of hydrogen-bond donors (Lipinski definition) is 0. The van der Waals surface area contributed by atoms with Crippen molar-refractivity contribution in [2.75, 3.05) is 5.33 Å². The van der Waals surface area contributed by atoms with Crippen LogP contribution in [0.2, 0.25) is 0 Å². The van der Waals surface area contributed by atoms with Crippen LogP contribution in [0.25, 0.3) is 0 Å². The minimum Gasteiger partial charge on any atom is -0.489 e. The van der Waals surface area contributed by atoms with Crippen LogP contribution in [0.3, 0.4) is 0 Å². The fourth-order valence-corrected chi connectivity index (χ4v) is 2.29. The lowest BCUT2D eigenvalue weighted by molar-refractivity contribution is -0.134. The molecule has 0 aromatic heterocycles. The van der Waals surface area contributed by atoms with Gasteiger partial charge < -0.3 is 9.47 Å². The highest BCUT2D eigenvalue weighted by Crippen LogP contribution is 2.19. The van der Waals surface area contributed by atoms with Crippen molar-refractivity contribution < 1.29 is 14.3 Å². The van der Waals surface area contributed by atoms with E-state index in [9.17, 15) is 4.79 Å². The van der Waals surface area contributed by atoms with Crippen LogP contribution < -0.4 is 9.47 Å². The Morgan fingerprint density at radius 1 is 0.909 bits per heavy atom. The predicted molar refractivity (Wildman–Crippen MR) is 90.5 cm³/mol. The van der Waals surface area contributed by atoms with Crippen LogP contribution >= 0.6 is 15.9 Å². The van der Waals surface area contributed by atoms with Crippen LogP contribution in [-0.2, 0) is 11.4 Å². The molecular formula is C18H19BrO3. The zero-order chi connectivity index (χ0) is 15.6. The Kier molecular flexibility index (Phi) is 6.97. The van der Waals surface area contributed by atoms with E-state index in [2.05, 4.69) is 15.9 Å². The molecule has 0 radical (unpaired) electrons. The minimum atomic E-state index is -0.195. The van der Waals surface area contributed by atoms with Crippen molar-refractivity contribution in [3.63, 3.8) is 0 Å². The third kappa shape index (κ3) is 5.90. The summed E-state index contributed by atoms with van der Waals surface area (Å²) < 4.78 is 11.0. The summed E-state index contributed by atoms with van der Waals surface area (Å²) in [5, 5.41) is 0.910. The van der Waals surface area contributed by atoms with Crippen molar-refractivity contribution in [3.05, 3.63) is 60.2 Å². The zero-order valence-electron chi connectivity index (χ0n) is 12.3. The van der Waals surface area contributed by atoms with Crippen LogP contribution in [-0.4, -0.2) is 11.3 Å². The Hall–Kier alpha value is -1.81. The van der Waals surface area contributed by atoms with Gasteiger partial charge in [-0.3, -0.25) is 4.79 Å². The fraction of sp³-hybridized carbons (Fsp3) is 0.278. The number of benzene rings is 2. The van der Waals surface area contributed by atoms with Gasteiger partial charge in [0.05, 0.1) is 0 Å². The lowest BCUT2D eigenvalue weighted by Gasteiger charge is -2.08. The standard InChI is InChI=1S/C18H19BrO3/c19-13-5-4-8-18(20)22-17-11-9-16(10-12-17)21-14-15-6-2-1-3-7-15/h1-3,6-7,9-12H,4-5,8,13-14H2. The zero-order valence-corrected chi connectivity index (χ0v) is 13.9. The van der Waals surface area contributed by atoms with E-state index in [0.717, 1.165) is 29.5 Å². The number of ether oxygens (including phenoxy) is 2. The lowest BCUT2D eigenvalue weighted by atomic mass is 10.2. The number of unbranched alkanes of at least 4 members (excludes halogenated alkanes) is 1. The number of esters is 1. The molecule has 0 spiro atoms. The minimum absolute atomic E-state index is 0.195. The summed E-state index contributed by atoms with van der Waals surface area (Å²) in [5.74, 6) is 1.11. The van der Waals surface area contributed by atoms with Crippen molar-refractivity contribution in [2.45, 2.75) is 25.9 Å². The van der Waals surface area contributed by atoms with Gasteiger partial charge in [-0.1, -0.05) is 46.3 Å². The second-order valence-electron chi connectivity index (χ2n) is 4.87. The average molecular weight is 363 g/mol. The highest BCUT2D eigenvalue weighted by molar-refractivity contribution is 9.09. The van der Waals surface area contributed by atoms with Crippen molar-refractivity contribution >= 4 is 21.9 Å². The third-order valence-corrected chi connectivity index (χ3v) is 3.63. The van der Waals surface area contributed by atoms with Crippen LogP contribution in [0, 0.1) is 0 Å². The molecule has 116 valence electrons. The summed E-state index contributed by atoms with van der Waals surface area (Å²) in [7, 11) is 0. The van der Waals surface area contributed by atoms with Gasteiger partial charge in [0.1, 0.15) is 18.1 Å². The molecule has 0 saturated heterocycles. The van der Waals surface area contributed by atoms with Gasteiger partial charge in [0, 0.05) is 11.8 Å². The second-order valence-corrected chi connectivity index (χ2v) is 5.66. The SMILES string of the molecule is O=C(CCCCBr)Oc1ccc(OCc2ccccc2)cc1. The van der Waals surface area contributed by atoms with Crippen molar-refractivity contribution in [1.29, 1.82) is 0 Å². The van der Waals surface area contributed by atoms with Crippen molar-refractivity contribution in [2.24, 2.45) is 0 Å². The highest BCUT2D eigenvalue weighted by Gasteiger charge is 2.05. The first-order valence-electron chi connectivity index (χ1n) is 7.31. The molecule has 2 aromatic rings. The summed E-state index contributed by atoms with van der Waals surface area (Å²) in [6.07, 6.45) is 2.25. The molecule has 2 rings (SSSR count). The summed E-state index contributed by atoms with van der Waals surface area (Å²) in [6, 6.07) is 17.1. The normalized spacial score (nSPS) is 10.2. The second kappa shape index (κ2) is 9.26. The first-order chi connectivity index (χ1) is 10.8. The molecule has 0 saturated carbocycles. The first kappa shape index (κ1) is 16.6. The molecule has 0 heterocycles. The molecule has 0 aliphatic carbocycles. The molecule has 0 atom stereocenters. The summed E-state index contributed by atoms with van der Waals surface area (Å²) in [5.41, 5.74) is 1.12. The van der Waals surface area contributed by atoms with E-state index >= 15 is 0 Å². The maximum atomic E-state index is 11.6. The smallest absolute Gasteiger partial charge is 0.311 e. The van der Waals surface area contributed by atoms with Gasteiger partial charge in [-0.15, -0.1) is 0 Å². The Labute approximate surface area is 139 Å². The Morgan fingerprint density at radius 2 is 1.59 bits per heavy atom. The molecule has 22 heavy (non-hydrogen) atoms. The average Bonchev–Trinajstić information content (AvgIpc) is 2.55. The number of halogens is 1. The Morgan fingerprint density at radius 3 is 2.27 bits per heavy atom. The van der Waals surface area contributed by atoms with Gasteiger partial charge in [0.15, 0.2) is 0 Å². The van der Waals surface area contributed by atoms with E-state index in [1.807, 2.05) is 42.5 Å². The van der Waals surface area contributed by atoms with E-state index in [1.54, 1.807) is 12.1 Å². The van der Waals surface area contributed by atoms with E-state index in [0.29, 0.717) is 18.8 Å². The Balaban J connectivity index is 1.79. The monoisotopic (exact) mass is 362 g/mol.